The van der Waals surface area contributed by atoms with Crippen molar-refractivity contribution in [3.05, 3.63) is 60.2 Å². The highest BCUT2D eigenvalue weighted by molar-refractivity contribution is 5.96. The van der Waals surface area contributed by atoms with E-state index >= 15 is 0 Å². The number of carbonyl (C=O) groups excluding carboxylic acids is 2. The third-order valence-electron chi connectivity index (χ3n) is 3.69. The number of rotatable bonds is 7. The largest absolute Gasteiger partial charge is 0.374 e. The van der Waals surface area contributed by atoms with Gasteiger partial charge in [0.05, 0.1) is 17.9 Å². The number of para-hydroxylation sites is 2. The van der Waals surface area contributed by atoms with Gasteiger partial charge in [-0.05, 0) is 31.5 Å². The van der Waals surface area contributed by atoms with Crippen LogP contribution in [0.1, 0.15) is 19.4 Å². The molecular weight excluding hydrogens is 328 g/mol. The molecule has 138 valence electrons. The van der Waals surface area contributed by atoms with E-state index in [4.69, 9.17) is 0 Å². The summed E-state index contributed by atoms with van der Waals surface area (Å²) in [4.78, 5) is 25.6. The van der Waals surface area contributed by atoms with Crippen molar-refractivity contribution < 1.29 is 9.59 Å². The summed E-state index contributed by atoms with van der Waals surface area (Å²) >= 11 is 0. The minimum atomic E-state index is -0.485. The van der Waals surface area contributed by atoms with Gasteiger partial charge in [-0.15, -0.1) is 0 Å². The van der Waals surface area contributed by atoms with E-state index < -0.39 is 6.03 Å². The van der Waals surface area contributed by atoms with Crippen LogP contribution in [0.2, 0.25) is 0 Å². The Hall–Kier alpha value is -3.02. The van der Waals surface area contributed by atoms with Gasteiger partial charge in [0.15, 0.2) is 0 Å². The number of imide groups is 1. The number of amides is 3. The molecule has 3 amide bonds. The molecule has 0 saturated heterocycles. The highest BCUT2D eigenvalue weighted by Gasteiger charge is 2.11. The van der Waals surface area contributed by atoms with Gasteiger partial charge in [-0.1, -0.05) is 42.5 Å². The Bertz CT molecular complexity index is 732. The summed E-state index contributed by atoms with van der Waals surface area (Å²) in [5, 5.41) is 8.03. The first-order chi connectivity index (χ1) is 12.5. The predicted molar refractivity (Wildman–Crippen MR) is 105 cm³/mol. The Morgan fingerprint density at radius 2 is 1.65 bits per heavy atom. The van der Waals surface area contributed by atoms with Crippen LogP contribution >= 0.6 is 0 Å². The fourth-order valence-corrected chi connectivity index (χ4v) is 2.54. The summed E-state index contributed by atoms with van der Waals surface area (Å²) in [6.45, 7) is 4.44. The minimum Gasteiger partial charge on any atom is -0.374 e. The first-order valence-electron chi connectivity index (χ1n) is 8.64. The van der Waals surface area contributed by atoms with Gasteiger partial charge >= 0.3 is 6.03 Å². The van der Waals surface area contributed by atoms with Crippen molar-refractivity contribution in [2.75, 3.05) is 23.8 Å². The van der Waals surface area contributed by atoms with Gasteiger partial charge in [-0.25, -0.2) is 4.79 Å². The molecule has 0 aliphatic rings. The van der Waals surface area contributed by atoms with Gasteiger partial charge in [0, 0.05) is 19.6 Å². The zero-order valence-corrected chi connectivity index (χ0v) is 15.5. The van der Waals surface area contributed by atoms with Gasteiger partial charge in [0.2, 0.25) is 5.91 Å². The highest BCUT2D eigenvalue weighted by atomic mass is 16.2. The molecule has 0 aromatic heterocycles. The van der Waals surface area contributed by atoms with Gasteiger partial charge in [-0.2, -0.15) is 0 Å². The van der Waals surface area contributed by atoms with Crippen LogP contribution in [0.5, 0.6) is 0 Å². The fourth-order valence-electron chi connectivity index (χ4n) is 2.54. The number of carbonyl (C=O) groups is 2. The number of anilines is 2. The minimum absolute atomic E-state index is 0.0156. The van der Waals surface area contributed by atoms with E-state index in [0.29, 0.717) is 0 Å². The van der Waals surface area contributed by atoms with E-state index in [9.17, 15) is 9.59 Å². The van der Waals surface area contributed by atoms with Crippen LogP contribution in [0.4, 0.5) is 16.2 Å². The van der Waals surface area contributed by atoms with Crippen molar-refractivity contribution in [3.63, 3.8) is 0 Å². The lowest BCUT2D eigenvalue weighted by Crippen LogP contribution is -2.44. The van der Waals surface area contributed by atoms with Crippen molar-refractivity contribution in [1.82, 2.24) is 10.6 Å². The second kappa shape index (κ2) is 9.46. The molecule has 0 heterocycles. The molecule has 6 heteroatoms. The Kier molecular flexibility index (Phi) is 7.02. The van der Waals surface area contributed by atoms with Crippen LogP contribution in [-0.4, -0.2) is 31.6 Å². The summed E-state index contributed by atoms with van der Waals surface area (Å²) in [5.74, 6) is -0.385. The quantitative estimate of drug-likeness (QED) is 0.715. The van der Waals surface area contributed by atoms with E-state index in [-0.39, 0.29) is 18.5 Å². The average molecular weight is 354 g/mol. The summed E-state index contributed by atoms with van der Waals surface area (Å²) in [5.41, 5.74) is 3.02. The van der Waals surface area contributed by atoms with Crippen molar-refractivity contribution in [2.24, 2.45) is 0 Å². The Balaban J connectivity index is 1.96. The van der Waals surface area contributed by atoms with Crippen LogP contribution in [0.3, 0.4) is 0 Å². The molecule has 0 radical (unpaired) electrons. The topological polar surface area (TPSA) is 73.5 Å². The van der Waals surface area contributed by atoms with E-state index in [2.05, 4.69) is 33.0 Å². The zero-order valence-electron chi connectivity index (χ0n) is 15.5. The predicted octanol–water partition coefficient (Wildman–Crippen LogP) is 2.97. The van der Waals surface area contributed by atoms with Gasteiger partial charge in [0.25, 0.3) is 0 Å². The Morgan fingerprint density at radius 3 is 2.35 bits per heavy atom. The molecule has 6 nitrogen and oxygen atoms in total. The van der Waals surface area contributed by atoms with E-state index in [1.54, 1.807) is 0 Å². The standard InChI is InChI=1S/C20H26N4O2/c1-15(2)22-20(26)23-19(25)13-21-17-11-7-8-12-18(17)24(3)14-16-9-5-4-6-10-16/h4-12,15,21H,13-14H2,1-3H3,(H2,22,23,25,26). The maximum atomic E-state index is 11.9. The number of benzene rings is 2. The van der Waals surface area contributed by atoms with Crippen molar-refractivity contribution in [2.45, 2.75) is 26.4 Å². The number of nitrogens with one attached hydrogen (secondary N) is 3. The summed E-state index contributed by atoms with van der Waals surface area (Å²) in [6, 6.07) is 17.4. The van der Waals surface area contributed by atoms with Gasteiger partial charge < -0.3 is 15.5 Å². The highest BCUT2D eigenvalue weighted by Crippen LogP contribution is 2.25. The van der Waals surface area contributed by atoms with Gasteiger partial charge in [-0.3, -0.25) is 10.1 Å². The number of nitrogens with zero attached hydrogens (tertiary/aromatic N) is 1. The van der Waals surface area contributed by atoms with Crippen LogP contribution < -0.4 is 20.9 Å². The molecule has 0 fully saturated rings. The fraction of sp³-hybridized carbons (Fsp3) is 0.300. The lowest BCUT2D eigenvalue weighted by molar-refractivity contribution is -0.118. The van der Waals surface area contributed by atoms with Crippen LogP contribution in [-0.2, 0) is 11.3 Å². The maximum Gasteiger partial charge on any atom is 0.321 e. The molecule has 0 aliphatic carbocycles. The average Bonchev–Trinajstić information content (AvgIpc) is 2.60. The third kappa shape index (κ3) is 6.12. The molecule has 0 unspecified atom stereocenters. The molecule has 0 aliphatic heterocycles. The Morgan fingerprint density at radius 1 is 1.00 bits per heavy atom. The van der Waals surface area contributed by atoms with Gasteiger partial charge in [0.1, 0.15) is 0 Å². The zero-order chi connectivity index (χ0) is 18.9. The van der Waals surface area contributed by atoms with Crippen LogP contribution in [0.25, 0.3) is 0 Å². The second-order valence-electron chi connectivity index (χ2n) is 6.39. The third-order valence-corrected chi connectivity index (χ3v) is 3.69. The Labute approximate surface area is 154 Å². The number of hydrogen-bond donors (Lipinski definition) is 3. The van der Waals surface area contributed by atoms with Crippen LogP contribution in [0, 0.1) is 0 Å². The molecule has 2 aromatic rings. The normalized spacial score (nSPS) is 10.3. The summed E-state index contributed by atoms with van der Waals surface area (Å²) in [7, 11) is 2.00. The molecular formula is C20H26N4O2. The van der Waals surface area contributed by atoms with Crippen molar-refractivity contribution in [1.29, 1.82) is 0 Å². The first-order valence-corrected chi connectivity index (χ1v) is 8.64. The molecule has 0 spiro atoms. The van der Waals surface area contributed by atoms with E-state index in [1.165, 1.54) is 5.56 Å². The summed E-state index contributed by atoms with van der Waals surface area (Å²) < 4.78 is 0. The summed E-state index contributed by atoms with van der Waals surface area (Å²) in [6.07, 6.45) is 0. The smallest absolute Gasteiger partial charge is 0.321 e. The molecule has 2 rings (SSSR count). The SMILES string of the molecule is CC(C)NC(=O)NC(=O)CNc1ccccc1N(C)Cc1ccccc1. The molecule has 26 heavy (non-hydrogen) atoms. The molecule has 0 atom stereocenters. The maximum absolute atomic E-state index is 11.9. The van der Waals surface area contributed by atoms with Crippen molar-refractivity contribution in [3.8, 4) is 0 Å². The molecule has 3 N–H and O–H groups in total. The number of hydrogen-bond acceptors (Lipinski definition) is 4. The van der Waals surface area contributed by atoms with Crippen molar-refractivity contribution >= 4 is 23.3 Å². The second-order valence-corrected chi connectivity index (χ2v) is 6.39. The van der Waals surface area contributed by atoms with Crippen LogP contribution in [0.15, 0.2) is 54.6 Å². The first kappa shape index (κ1) is 19.3. The van der Waals surface area contributed by atoms with E-state index in [0.717, 1.165) is 17.9 Å². The van der Waals surface area contributed by atoms with E-state index in [1.807, 2.05) is 63.4 Å². The monoisotopic (exact) mass is 354 g/mol. The number of urea groups is 1. The molecule has 2 aromatic carbocycles. The lowest BCUT2D eigenvalue weighted by atomic mass is 10.2. The molecule has 0 saturated carbocycles. The molecule has 0 bridgehead atoms. The lowest BCUT2D eigenvalue weighted by Gasteiger charge is -2.23.